The molecule has 1 atom stereocenters. The van der Waals surface area contributed by atoms with E-state index in [0.717, 1.165) is 5.56 Å². The molecule has 19 heavy (non-hydrogen) atoms. The molecule has 0 saturated heterocycles. The second-order valence-electron chi connectivity index (χ2n) is 4.30. The number of hydrogen-bond donors (Lipinski definition) is 1. The minimum atomic E-state index is -0.694. The average molecular weight is 298 g/mol. The number of Topliss-reactive ketones (excluding diaryl/α,β-unsaturated/α-hetero) is 1. The van der Waals surface area contributed by atoms with Crippen molar-refractivity contribution >= 4 is 29.0 Å². The van der Waals surface area contributed by atoms with Crippen LogP contribution < -0.4 is 5.73 Å². The highest BCUT2D eigenvalue weighted by Crippen LogP contribution is 2.23. The van der Waals surface area contributed by atoms with Gasteiger partial charge in [-0.15, -0.1) is 0 Å². The molecule has 1 unspecified atom stereocenters. The molecule has 0 aliphatic rings. The van der Waals surface area contributed by atoms with Gasteiger partial charge in [0, 0.05) is 35.3 Å². The Kier molecular flexibility index (Phi) is 4.24. The molecule has 0 amide bonds. The van der Waals surface area contributed by atoms with Crippen LogP contribution in [0.3, 0.4) is 0 Å². The highest BCUT2D eigenvalue weighted by Gasteiger charge is 2.18. The number of carbonyl (C=O) groups is 1. The van der Waals surface area contributed by atoms with Gasteiger partial charge in [-0.1, -0.05) is 29.3 Å². The number of hydrogen-bond acceptors (Lipinski definition) is 3. The molecule has 1 aromatic carbocycles. The third-order valence-electron chi connectivity index (χ3n) is 2.81. The van der Waals surface area contributed by atoms with Gasteiger partial charge in [-0.25, -0.2) is 0 Å². The molecule has 4 nitrogen and oxygen atoms in total. The molecule has 6 heteroatoms. The van der Waals surface area contributed by atoms with Crippen molar-refractivity contribution in [2.24, 2.45) is 12.8 Å². The number of aryl methyl sites for hydroxylation is 1. The molecule has 100 valence electrons. The number of aromatic nitrogens is 2. The van der Waals surface area contributed by atoms with Gasteiger partial charge < -0.3 is 5.73 Å². The van der Waals surface area contributed by atoms with Crippen LogP contribution in [0, 0.1) is 0 Å². The minimum Gasteiger partial charge on any atom is -0.318 e. The first-order chi connectivity index (χ1) is 8.97. The summed E-state index contributed by atoms with van der Waals surface area (Å²) < 4.78 is 1.61. The molecule has 1 aromatic heterocycles. The van der Waals surface area contributed by atoms with E-state index < -0.39 is 6.04 Å². The van der Waals surface area contributed by atoms with Crippen LogP contribution >= 0.6 is 23.2 Å². The van der Waals surface area contributed by atoms with E-state index in [1.54, 1.807) is 42.3 Å². The molecule has 0 fully saturated rings. The zero-order valence-electron chi connectivity index (χ0n) is 10.3. The summed E-state index contributed by atoms with van der Waals surface area (Å²) in [5, 5.41) is 5.01. The summed E-state index contributed by atoms with van der Waals surface area (Å²) >= 11 is 11.8. The average Bonchev–Trinajstić information content (AvgIpc) is 2.78. The number of carbonyl (C=O) groups excluding carboxylic acids is 1. The van der Waals surface area contributed by atoms with Gasteiger partial charge in [0.15, 0.2) is 5.78 Å². The first-order valence-electron chi connectivity index (χ1n) is 5.68. The predicted octanol–water partition coefficient (Wildman–Crippen LogP) is 2.54. The molecule has 0 spiro atoms. The molecule has 0 radical (unpaired) electrons. The van der Waals surface area contributed by atoms with Crippen molar-refractivity contribution in [1.82, 2.24) is 9.78 Å². The van der Waals surface area contributed by atoms with Crippen molar-refractivity contribution in [3.63, 3.8) is 0 Å². The zero-order chi connectivity index (χ0) is 14.0. The summed E-state index contributed by atoms with van der Waals surface area (Å²) in [6, 6.07) is 4.35. The third-order valence-corrected chi connectivity index (χ3v) is 3.40. The maximum Gasteiger partial charge on any atom is 0.158 e. The Morgan fingerprint density at radius 1 is 1.47 bits per heavy atom. The van der Waals surface area contributed by atoms with Crippen LogP contribution in [0.4, 0.5) is 0 Å². The lowest BCUT2D eigenvalue weighted by Gasteiger charge is -2.09. The molecule has 2 N–H and O–H groups in total. The second-order valence-corrected chi connectivity index (χ2v) is 5.15. The lowest BCUT2D eigenvalue weighted by Crippen LogP contribution is -2.22. The fourth-order valence-electron chi connectivity index (χ4n) is 1.75. The van der Waals surface area contributed by atoms with Crippen molar-refractivity contribution in [2.45, 2.75) is 12.5 Å². The van der Waals surface area contributed by atoms with Gasteiger partial charge in [-0.05, 0) is 17.7 Å². The van der Waals surface area contributed by atoms with Gasteiger partial charge in [-0.2, -0.15) is 5.10 Å². The van der Waals surface area contributed by atoms with Gasteiger partial charge in [0.25, 0.3) is 0 Å². The second kappa shape index (κ2) is 5.74. The van der Waals surface area contributed by atoms with Crippen molar-refractivity contribution in [3.05, 3.63) is 51.8 Å². The quantitative estimate of drug-likeness (QED) is 0.943. The van der Waals surface area contributed by atoms with Crippen molar-refractivity contribution in [3.8, 4) is 0 Å². The molecule has 2 aromatic rings. The number of ketones is 1. The monoisotopic (exact) mass is 297 g/mol. The Morgan fingerprint density at radius 2 is 2.21 bits per heavy atom. The fraction of sp³-hybridized carbons (Fsp3) is 0.231. The summed E-state index contributed by atoms with van der Waals surface area (Å²) in [6.45, 7) is 0. The Morgan fingerprint density at radius 3 is 2.79 bits per heavy atom. The van der Waals surface area contributed by atoms with E-state index in [1.165, 1.54) is 0 Å². The summed E-state index contributed by atoms with van der Waals surface area (Å²) in [5.41, 5.74) is 7.32. The summed E-state index contributed by atoms with van der Waals surface area (Å²) in [6.07, 6.45) is 3.49. The molecule has 0 bridgehead atoms. The topological polar surface area (TPSA) is 60.9 Å². The van der Waals surface area contributed by atoms with Crippen LogP contribution in [-0.4, -0.2) is 15.6 Å². The summed E-state index contributed by atoms with van der Waals surface area (Å²) in [4.78, 5) is 12.1. The number of benzene rings is 1. The van der Waals surface area contributed by atoms with Gasteiger partial charge in [-0.3, -0.25) is 9.48 Å². The molecule has 2 rings (SSSR count). The van der Waals surface area contributed by atoms with E-state index in [4.69, 9.17) is 28.9 Å². The van der Waals surface area contributed by atoms with Gasteiger partial charge >= 0.3 is 0 Å². The maximum absolute atomic E-state index is 12.1. The molecule has 0 aliphatic carbocycles. The van der Waals surface area contributed by atoms with Crippen molar-refractivity contribution < 1.29 is 4.79 Å². The number of rotatable bonds is 4. The number of nitrogens with two attached hydrogens (primary N) is 1. The van der Waals surface area contributed by atoms with Crippen LogP contribution in [0.25, 0.3) is 0 Å². The molecular weight excluding hydrogens is 285 g/mol. The Hall–Kier alpha value is -1.36. The van der Waals surface area contributed by atoms with Crippen LogP contribution in [0.2, 0.25) is 10.0 Å². The van der Waals surface area contributed by atoms with Gasteiger partial charge in [0.1, 0.15) is 0 Å². The van der Waals surface area contributed by atoms with E-state index in [1.807, 2.05) is 0 Å². The maximum atomic E-state index is 12.1. The Bertz CT molecular complexity index is 610. The van der Waals surface area contributed by atoms with Crippen LogP contribution in [0.5, 0.6) is 0 Å². The first-order valence-corrected chi connectivity index (χ1v) is 6.43. The number of halogens is 2. The SMILES string of the molecule is Cn1cc(C(N)C(=O)Cc2ccc(Cl)cc2Cl)cn1. The van der Waals surface area contributed by atoms with Crippen LogP contribution in [-0.2, 0) is 18.3 Å². The summed E-state index contributed by atoms with van der Waals surface area (Å²) in [7, 11) is 1.77. The molecule has 0 aliphatic heterocycles. The van der Waals surface area contributed by atoms with E-state index in [9.17, 15) is 4.79 Å². The van der Waals surface area contributed by atoms with E-state index in [2.05, 4.69) is 5.10 Å². The highest BCUT2D eigenvalue weighted by atomic mass is 35.5. The Labute approximate surface area is 121 Å². The van der Waals surface area contributed by atoms with E-state index >= 15 is 0 Å². The van der Waals surface area contributed by atoms with Gasteiger partial charge in [0.05, 0.1) is 12.2 Å². The van der Waals surface area contributed by atoms with Gasteiger partial charge in [0.2, 0.25) is 0 Å². The third kappa shape index (κ3) is 3.35. The van der Waals surface area contributed by atoms with Crippen LogP contribution in [0.1, 0.15) is 17.2 Å². The van der Waals surface area contributed by atoms with Crippen molar-refractivity contribution in [1.29, 1.82) is 0 Å². The fourth-order valence-corrected chi connectivity index (χ4v) is 2.22. The summed E-state index contributed by atoms with van der Waals surface area (Å²) in [5.74, 6) is -0.114. The lowest BCUT2D eigenvalue weighted by molar-refractivity contribution is -0.119. The lowest BCUT2D eigenvalue weighted by atomic mass is 10.0. The smallest absolute Gasteiger partial charge is 0.158 e. The standard InChI is InChI=1S/C13H13Cl2N3O/c1-18-7-9(6-17-18)13(16)12(19)4-8-2-3-10(14)5-11(8)15/h2-3,5-7,13H,4,16H2,1H3. The zero-order valence-corrected chi connectivity index (χ0v) is 11.8. The predicted molar refractivity (Wildman–Crippen MR) is 75.3 cm³/mol. The van der Waals surface area contributed by atoms with Crippen molar-refractivity contribution in [2.75, 3.05) is 0 Å². The van der Waals surface area contributed by atoms with E-state index in [0.29, 0.717) is 15.6 Å². The molecular formula is C13H13Cl2N3O. The molecule has 1 heterocycles. The Balaban J connectivity index is 2.12. The molecule has 0 saturated carbocycles. The normalized spacial score (nSPS) is 12.4. The largest absolute Gasteiger partial charge is 0.318 e. The van der Waals surface area contributed by atoms with Crippen LogP contribution in [0.15, 0.2) is 30.6 Å². The minimum absolute atomic E-state index is 0.114. The number of nitrogens with zero attached hydrogens (tertiary/aromatic N) is 2. The highest BCUT2D eigenvalue weighted by molar-refractivity contribution is 6.35. The first kappa shape index (κ1) is 14.1. The van der Waals surface area contributed by atoms with E-state index in [-0.39, 0.29) is 12.2 Å².